The topological polar surface area (TPSA) is 84.7 Å². The van der Waals surface area contributed by atoms with E-state index in [0.717, 1.165) is 6.54 Å². The summed E-state index contributed by atoms with van der Waals surface area (Å²) in [5.74, 6) is 0.347. The van der Waals surface area contributed by atoms with Crippen molar-refractivity contribution in [2.24, 2.45) is 11.7 Å². The molecule has 2 atom stereocenters. The normalized spacial score (nSPS) is 26.9. The van der Waals surface area contributed by atoms with Gasteiger partial charge in [0.1, 0.15) is 5.60 Å². The lowest BCUT2D eigenvalue weighted by atomic mass is 9.89. The summed E-state index contributed by atoms with van der Waals surface area (Å²) in [6.45, 7) is 7.08. The number of hydrogen-bond acceptors (Lipinski definition) is 4. The highest BCUT2D eigenvalue weighted by Crippen LogP contribution is 2.27. The first-order valence-electron chi connectivity index (χ1n) is 8.77. The Balaban J connectivity index is 1.89. The Hall–Kier alpha value is -1.30. The smallest absolute Gasteiger partial charge is 0.407 e. The van der Waals surface area contributed by atoms with Gasteiger partial charge in [0, 0.05) is 19.1 Å². The molecule has 132 valence electrons. The van der Waals surface area contributed by atoms with Gasteiger partial charge in [-0.3, -0.25) is 9.69 Å². The molecule has 0 aromatic heterocycles. The molecule has 1 saturated heterocycles. The number of carbonyl (C=O) groups is 2. The Morgan fingerprint density at radius 2 is 1.87 bits per heavy atom. The lowest BCUT2D eigenvalue weighted by Crippen LogP contribution is -2.43. The molecule has 2 aliphatic rings. The summed E-state index contributed by atoms with van der Waals surface area (Å²) >= 11 is 0. The van der Waals surface area contributed by atoms with Crippen molar-refractivity contribution in [1.82, 2.24) is 10.2 Å². The Bertz CT molecular complexity index is 427. The SMILES string of the molecule is CC(C)(C)OC(=O)N[C@@H]1C[C@@H](C(N)=O)N(CC2CCCCC2)C1. The predicted octanol–water partition coefficient (Wildman–Crippen LogP) is 2.02. The molecule has 6 nitrogen and oxygen atoms in total. The van der Waals surface area contributed by atoms with E-state index in [-0.39, 0.29) is 18.0 Å². The Labute approximate surface area is 139 Å². The molecular formula is C17H31N3O3. The number of amides is 2. The summed E-state index contributed by atoms with van der Waals surface area (Å²) in [5.41, 5.74) is 5.04. The fourth-order valence-electron chi connectivity index (χ4n) is 3.68. The van der Waals surface area contributed by atoms with E-state index in [2.05, 4.69) is 10.2 Å². The Morgan fingerprint density at radius 1 is 1.22 bits per heavy atom. The predicted molar refractivity (Wildman–Crippen MR) is 88.9 cm³/mol. The summed E-state index contributed by atoms with van der Waals surface area (Å²) in [6.07, 6.45) is 6.47. The van der Waals surface area contributed by atoms with Crippen LogP contribution in [0.25, 0.3) is 0 Å². The van der Waals surface area contributed by atoms with Gasteiger partial charge in [-0.1, -0.05) is 19.3 Å². The summed E-state index contributed by atoms with van der Waals surface area (Å²) in [7, 11) is 0. The fourth-order valence-corrected chi connectivity index (χ4v) is 3.68. The quantitative estimate of drug-likeness (QED) is 0.828. The zero-order valence-corrected chi connectivity index (χ0v) is 14.6. The van der Waals surface area contributed by atoms with Crippen LogP contribution in [0.5, 0.6) is 0 Å². The van der Waals surface area contributed by atoms with E-state index in [9.17, 15) is 9.59 Å². The average molecular weight is 325 g/mol. The number of ether oxygens (including phenoxy) is 1. The molecule has 6 heteroatoms. The third kappa shape index (κ3) is 5.68. The molecule has 0 unspecified atom stereocenters. The van der Waals surface area contributed by atoms with Gasteiger partial charge in [-0.2, -0.15) is 0 Å². The molecule has 0 spiro atoms. The Kier molecular flexibility index (Phi) is 5.89. The number of likely N-dealkylation sites (tertiary alicyclic amines) is 1. The first-order valence-corrected chi connectivity index (χ1v) is 8.77. The van der Waals surface area contributed by atoms with Gasteiger partial charge in [0.15, 0.2) is 0 Å². The molecule has 1 aliphatic carbocycles. The molecule has 1 heterocycles. The number of nitrogens with one attached hydrogen (secondary N) is 1. The number of primary amides is 1. The van der Waals surface area contributed by atoms with Crippen LogP contribution in [-0.4, -0.2) is 47.7 Å². The van der Waals surface area contributed by atoms with Gasteiger partial charge in [0.2, 0.25) is 5.91 Å². The van der Waals surface area contributed by atoms with Crippen LogP contribution in [0.1, 0.15) is 59.3 Å². The van der Waals surface area contributed by atoms with Crippen molar-refractivity contribution >= 4 is 12.0 Å². The second kappa shape index (κ2) is 7.51. The van der Waals surface area contributed by atoms with E-state index in [4.69, 9.17) is 10.5 Å². The highest BCUT2D eigenvalue weighted by molar-refractivity contribution is 5.80. The summed E-state index contributed by atoms with van der Waals surface area (Å²) < 4.78 is 5.30. The monoisotopic (exact) mass is 325 g/mol. The maximum atomic E-state index is 11.9. The summed E-state index contributed by atoms with van der Waals surface area (Å²) in [5, 5.41) is 2.88. The number of hydrogen-bond donors (Lipinski definition) is 2. The molecule has 0 aromatic rings. The molecule has 3 N–H and O–H groups in total. The second-order valence-electron chi connectivity index (χ2n) is 7.95. The highest BCUT2D eigenvalue weighted by atomic mass is 16.6. The van der Waals surface area contributed by atoms with Crippen LogP contribution in [-0.2, 0) is 9.53 Å². The molecule has 1 saturated carbocycles. The van der Waals surface area contributed by atoms with Crippen molar-refractivity contribution in [3.63, 3.8) is 0 Å². The van der Waals surface area contributed by atoms with E-state index >= 15 is 0 Å². The minimum atomic E-state index is -0.520. The van der Waals surface area contributed by atoms with Gasteiger partial charge in [0.05, 0.1) is 6.04 Å². The zero-order valence-electron chi connectivity index (χ0n) is 14.6. The minimum Gasteiger partial charge on any atom is -0.444 e. The van der Waals surface area contributed by atoms with Gasteiger partial charge in [0.25, 0.3) is 0 Å². The van der Waals surface area contributed by atoms with E-state index in [0.29, 0.717) is 18.9 Å². The average Bonchev–Trinajstić information content (AvgIpc) is 2.80. The van der Waals surface area contributed by atoms with Crippen molar-refractivity contribution in [1.29, 1.82) is 0 Å². The number of alkyl carbamates (subject to hydrolysis) is 1. The number of nitrogens with two attached hydrogens (primary N) is 1. The van der Waals surface area contributed by atoms with E-state index in [1.807, 2.05) is 20.8 Å². The van der Waals surface area contributed by atoms with Gasteiger partial charge < -0.3 is 15.8 Å². The molecule has 0 radical (unpaired) electrons. The Morgan fingerprint density at radius 3 is 2.43 bits per heavy atom. The molecule has 0 bridgehead atoms. The van der Waals surface area contributed by atoms with Gasteiger partial charge in [-0.15, -0.1) is 0 Å². The van der Waals surface area contributed by atoms with Gasteiger partial charge >= 0.3 is 6.09 Å². The lowest BCUT2D eigenvalue weighted by molar-refractivity contribution is -0.122. The first-order chi connectivity index (χ1) is 10.7. The zero-order chi connectivity index (χ0) is 17.0. The van der Waals surface area contributed by atoms with Crippen LogP contribution >= 0.6 is 0 Å². The van der Waals surface area contributed by atoms with Crippen LogP contribution in [0.15, 0.2) is 0 Å². The van der Waals surface area contributed by atoms with Gasteiger partial charge in [-0.05, 0) is 46.0 Å². The number of rotatable bonds is 4. The molecule has 2 rings (SSSR count). The number of carbonyl (C=O) groups excluding carboxylic acids is 2. The molecule has 1 aliphatic heterocycles. The molecule has 0 aromatic carbocycles. The van der Waals surface area contributed by atoms with Crippen molar-refractivity contribution in [3.05, 3.63) is 0 Å². The molecule has 2 amide bonds. The third-order valence-electron chi connectivity index (χ3n) is 4.67. The second-order valence-corrected chi connectivity index (χ2v) is 7.95. The summed E-state index contributed by atoms with van der Waals surface area (Å²) in [6, 6.07) is -0.359. The fraction of sp³-hybridized carbons (Fsp3) is 0.882. The molecular weight excluding hydrogens is 294 g/mol. The van der Waals surface area contributed by atoms with Crippen molar-refractivity contribution in [2.45, 2.75) is 77.0 Å². The van der Waals surface area contributed by atoms with Crippen LogP contribution < -0.4 is 11.1 Å². The van der Waals surface area contributed by atoms with Crippen LogP contribution in [0.3, 0.4) is 0 Å². The van der Waals surface area contributed by atoms with Crippen LogP contribution in [0.2, 0.25) is 0 Å². The molecule has 2 fully saturated rings. The first kappa shape index (κ1) is 18.0. The molecule has 23 heavy (non-hydrogen) atoms. The minimum absolute atomic E-state index is 0.0778. The van der Waals surface area contributed by atoms with Crippen molar-refractivity contribution in [3.8, 4) is 0 Å². The van der Waals surface area contributed by atoms with Gasteiger partial charge in [-0.25, -0.2) is 4.79 Å². The summed E-state index contributed by atoms with van der Waals surface area (Å²) in [4.78, 5) is 25.8. The van der Waals surface area contributed by atoms with E-state index in [1.165, 1.54) is 32.1 Å². The van der Waals surface area contributed by atoms with Crippen molar-refractivity contribution < 1.29 is 14.3 Å². The third-order valence-corrected chi connectivity index (χ3v) is 4.67. The van der Waals surface area contributed by atoms with E-state index < -0.39 is 11.7 Å². The standard InChI is InChI=1S/C17H31N3O3/c1-17(2,3)23-16(22)19-13-9-14(15(18)21)20(11-13)10-12-7-5-4-6-8-12/h12-14H,4-11H2,1-3H3,(H2,18,21)(H,19,22)/t13-,14+/m1/s1. The number of nitrogens with zero attached hydrogens (tertiary/aromatic N) is 1. The maximum Gasteiger partial charge on any atom is 0.407 e. The van der Waals surface area contributed by atoms with Crippen LogP contribution in [0.4, 0.5) is 4.79 Å². The van der Waals surface area contributed by atoms with E-state index in [1.54, 1.807) is 0 Å². The largest absolute Gasteiger partial charge is 0.444 e. The highest BCUT2D eigenvalue weighted by Gasteiger charge is 2.37. The maximum absolute atomic E-state index is 11.9. The van der Waals surface area contributed by atoms with Crippen LogP contribution in [0, 0.1) is 5.92 Å². The lowest BCUT2D eigenvalue weighted by Gasteiger charge is -2.29. The van der Waals surface area contributed by atoms with Crippen molar-refractivity contribution in [2.75, 3.05) is 13.1 Å².